The minimum atomic E-state index is -0.383. The fourth-order valence-corrected chi connectivity index (χ4v) is 7.57. The molecule has 0 atom stereocenters. The SMILES string of the molecule is CCOC(=O)c1c(NC(=O)CSc2cccc(NC(=O)C3CCCCC3)c2)sc2c1CCN(Cc1ccccc1)C2. The van der Waals surface area contributed by atoms with Crippen molar-refractivity contribution in [3.05, 3.63) is 76.2 Å². The van der Waals surface area contributed by atoms with Crippen LogP contribution in [0.1, 0.15) is 65.4 Å². The van der Waals surface area contributed by atoms with Crippen molar-refractivity contribution in [2.75, 3.05) is 29.5 Å². The first-order valence-electron chi connectivity index (χ1n) is 14.4. The van der Waals surface area contributed by atoms with Gasteiger partial charge in [0.2, 0.25) is 11.8 Å². The molecule has 41 heavy (non-hydrogen) atoms. The summed E-state index contributed by atoms with van der Waals surface area (Å²) < 4.78 is 5.38. The van der Waals surface area contributed by atoms with Crippen molar-refractivity contribution >= 4 is 51.6 Å². The standard InChI is InChI=1S/C32H37N3O4S2/c1-2-39-32(38)29-26-16-17-35(19-22-10-5-3-6-11-22)20-27(26)41-31(29)34-28(36)21-40-25-15-9-14-24(18-25)33-30(37)23-12-7-4-8-13-23/h3,5-6,9-11,14-15,18,23H,2,4,7-8,12-13,16-17,19-21H2,1H3,(H,33,37)(H,34,36). The van der Waals surface area contributed by atoms with E-state index in [9.17, 15) is 14.4 Å². The summed E-state index contributed by atoms with van der Waals surface area (Å²) in [5.74, 6) is -0.213. The van der Waals surface area contributed by atoms with Crippen molar-refractivity contribution < 1.29 is 19.1 Å². The topological polar surface area (TPSA) is 87.7 Å². The molecule has 7 nitrogen and oxygen atoms in total. The van der Waals surface area contributed by atoms with Gasteiger partial charge in [0.05, 0.1) is 17.9 Å². The summed E-state index contributed by atoms with van der Waals surface area (Å²) in [6, 6.07) is 18.0. The highest BCUT2D eigenvalue weighted by molar-refractivity contribution is 8.00. The molecule has 9 heteroatoms. The molecule has 0 unspecified atom stereocenters. The zero-order valence-electron chi connectivity index (χ0n) is 23.4. The maximum absolute atomic E-state index is 13.0. The van der Waals surface area contributed by atoms with Gasteiger partial charge in [0.1, 0.15) is 5.00 Å². The Balaban J connectivity index is 1.22. The Hall–Kier alpha value is -3.14. The summed E-state index contributed by atoms with van der Waals surface area (Å²) in [6.07, 6.45) is 6.06. The normalized spacial score (nSPS) is 15.6. The van der Waals surface area contributed by atoms with Gasteiger partial charge in [0, 0.05) is 41.0 Å². The van der Waals surface area contributed by atoms with Gasteiger partial charge in [0.25, 0.3) is 0 Å². The third-order valence-corrected chi connectivity index (χ3v) is 9.69. The number of nitrogens with one attached hydrogen (secondary N) is 2. The fourth-order valence-electron chi connectivity index (χ4n) is 5.52. The number of rotatable bonds is 10. The van der Waals surface area contributed by atoms with E-state index in [1.807, 2.05) is 42.5 Å². The maximum atomic E-state index is 13.0. The van der Waals surface area contributed by atoms with Crippen LogP contribution in [0.15, 0.2) is 59.5 Å². The summed E-state index contributed by atoms with van der Waals surface area (Å²) in [7, 11) is 0. The molecule has 1 aliphatic carbocycles. The Kier molecular flexibility index (Phi) is 10.1. The molecule has 2 heterocycles. The molecule has 1 fully saturated rings. The summed E-state index contributed by atoms with van der Waals surface area (Å²) >= 11 is 2.87. The number of carbonyl (C=O) groups excluding carboxylic acids is 3. The first kappa shape index (κ1) is 29.4. The van der Waals surface area contributed by atoms with Crippen LogP contribution in [0.5, 0.6) is 0 Å². The molecule has 2 amide bonds. The van der Waals surface area contributed by atoms with Crippen LogP contribution in [-0.4, -0.2) is 41.6 Å². The van der Waals surface area contributed by atoms with E-state index in [1.165, 1.54) is 35.1 Å². The molecule has 0 saturated heterocycles. The predicted octanol–water partition coefficient (Wildman–Crippen LogP) is 6.73. The number of esters is 1. The largest absolute Gasteiger partial charge is 0.462 e. The molecule has 3 aromatic rings. The van der Waals surface area contributed by atoms with Crippen LogP contribution in [0, 0.1) is 5.92 Å². The van der Waals surface area contributed by atoms with E-state index in [-0.39, 0.29) is 36.1 Å². The summed E-state index contributed by atoms with van der Waals surface area (Å²) in [6.45, 7) is 4.47. The number of carbonyl (C=O) groups is 3. The van der Waals surface area contributed by atoms with E-state index < -0.39 is 0 Å². The highest BCUT2D eigenvalue weighted by atomic mass is 32.2. The molecule has 2 N–H and O–H groups in total. The second-order valence-electron chi connectivity index (χ2n) is 10.6. The monoisotopic (exact) mass is 591 g/mol. The van der Waals surface area contributed by atoms with Gasteiger partial charge < -0.3 is 15.4 Å². The molecule has 0 bridgehead atoms. The number of thiophene rings is 1. The lowest BCUT2D eigenvalue weighted by Crippen LogP contribution is -2.30. The Morgan fingerprint density at radius 1 is 1.02 bits per heavy atom. The molecule has 0 radical (unpaired) electrons. The second-order valence-corrected chi connectivity index (χ2v) is 12.7. The van der Waals surface area contributed by atoms with Crippen LogP contribution in [0.4, 0.5) is 10.7 Å². The number of hydrogen-bond donors (Lipinski definition) is 2. The van der Waals surface area contributed by atoms with Gasteiger partial charge in [-0.2, -0.15) is 0 Å². The van der Waals surface area contributed by atoms with Crippen LogP contribution in [-0.2, 0) is 33.8 Å². The van der Waals surface area contributed by atoms with Crippen LogP contribution in [0.2, 0.25) is 0 Å². The molecule has 2 aromatic carbocycles. The second kappa shape index (κ2) is 14.2. The Morgan fingerprint density at radius 2 is 1.83 bits per heavy atom. The number of ether oxygens (including phenoxy) is 1. The lowest BCUT2D eigenvalue weighted by atomic mass is 9.88. The highest BCUT2D eigenvalue weighted by Crippen LogP contribution is 2.38. The molecule has 216 valence electrons. The van der Waals surface area contributed by atoms with Gasteiger partial charge in [0.15, 0.2) is 0 Å². The van der Waals surface area contributed by atoms with E-state index in [2.05, 4.69) is 27.7 Å². The summed E-state index contributed by atoms with van der Waals surface area (Å²) in [4.78, 5) is 43.0. The number of fused-ring (bicyclic) bond motifs is 1. The van der Waals surface area contributed by atoms with E-state index >= 15 is 0 Å². The molecule has 2 aliphatic rings. The number of benzene rings is 2. The molecule has 1 aromatic heterocycles. The van der Waals surface area contributed by atoms with Crippen molar-refractivity contribution in [3.8, 4) is 0 Å². The molecule has 5 rings (SSSR count). The van der Waals surface area contributed by atoms with Crippen molar-refractivity contribution in [3.63, 3.8) is 0 Å². The van der Waals surface area contributed by atoms with Crippen molar-refractivity contribution in [2.45, 2.75) is 63.4 Å². The Labute approximate surface area is 250 Å². The first-order chi connectivity index (χ1) is 20.0. The van der Waals surface area contributed by atoms with Crippen molar-refractivity contribution in [2.24, 2.45) is 5.92 Å². The molecule has 1 aliphatic heterocycles. The predicted molar refractivity (Wildman–Crippen MR) is 166 cm³/mol. The molecule has 1 saturated carbocycles. The van der Waals surface area contributed by atoms with E-state index in [0.29, 0.717) is 10.6 Å². The van der Waals surface area contributed by atoms with E-state index in [0.717, 1.165) is 72.8 Å². The van der Waals surface area contributed by atoms with Gasteiger partial charge in [-0.3, -0.25) is 14.5 Å². The van der Waals surface area contributed by atoms with Gasteiger partial charge >= 0.3 is 5.97 Å². The zero-order chi connectivity index (χ0) is 28.6. The van der Waals surface area contributed by atoms with Crippen LogP contribution in [0.25, 0.3) is 0 Å². The fraction of sp³-hybridized carbons (Fsp3) is 0.406. The number of amides is 2. The number of nitrogens with zero attached hydrogens (tertiary/aromatic N) is 1. The van der Waals surface area contributed by atoms with Crippen LogP contribution < -0.4 is 10.6 Å². The van der Waals surface area contributed by atoms with Crippen LogP contribution >= 0.6 is 23.1 Å². The maximum Gasteiger partial charge on any atom is 0.341 e. The summed E-state index contributed by atoms with van der Waals surface area (Å²) in [5.41, 5.74) is 3.49. The zero-order valence-corrected chi connectivity index (χ0v) is 25.1. The third kappa shape index (κ3) is 7.78. The highest BCUT2D eigenvalue weighted by Gasteiger charge is 2.29. The average molecular weight is 592 g/mol. The Bertz CT molecular complexity index is 1370. The molecule has 0 spiro atoms. The number of hydrogen-bond acceptors (Lipinski definition) is 7. The lowest BCUT2D eigenvalue weighted by Gasteiger charge is -2.27. The third-order valence-electron chi connectivity index (χ3n) is 7.56. The van der Waals surface area contributed by atoms with Crippen LogP contribution in [0.3, 0.4) is 0 Å². The van der Waals surface area contributed by atoms with E-state index in [1.54, 1.807) is 6.92 Å². The van der Waals surface area contributed by atoms with E-state index in [4.69, 9.17) is 4.74 Å². The van der Waals surface area contributed by atoms with Gasteiger partial charge in [-0.05, 0) is 55.5 Å². The minimum absolute atomic E-state index is 0.0834. The number of anilines is 2. The van der Waals surface area contributed by atoms with Gasteiger partial charge in [-0.25, -0.2) is 4.79 Å². The minimum Gasteiger partial charge on any atom is -0.462 e. The molecular weight excluding hydrogens is 555 g/mol. The van der Waals surface area contributed by atoms with Crippen molar-refractivity contribution in [1.82, 2.24) is 4.90 Å². The lowest BCUT2D eigenvalue weighted by molar-refractivity contribution is -0.120. The summed E-state index contributed by atoms with van der Waals surface area (Å²) in [5, 5.41) is 6.62. The number of thioether (sulfide) groups is 1. The quantitative estimate of drug-likeness (QED) is 0.201. The Morgan fingerprint density at radius 3 is 2.61 bits per heavy atom. The smallest absolute Gasteiger partial charge is 0.341 e. The van der Waals surface area contributed by atoms with Gasteiger partial charge in [-0.1, -0.05) is 55.7 Å². The molecular formula is C32H37N3O4S2. The average Bonchev–Trinajstić information content (AvgIpc) is 3.34. The first-order valence-corrected chi connectivity index (χ1v) is 16.2. The van der Waals surface area contributed by atoms with Crippen molar-refractivity contribution in [1.29, 1.82) is 0 Å². The van der Waals surface area contributed by atoms with Gasteiger partial charge in [-0.15, -0.1) is 23.1 Å².